The van der Waals surface area contributed by atoms with Crippen LogP contribution in [-0.2, 0) is 16.6 Å². The van der Waals surface area contributed by atoms with Gasteiger partial charge in [-0.15, -0.1) is 0 Å². The van der Waals surface area contributed by atoms with Gasteiger partial charge in [0.25, 0.3) is 10.0 Å². The fraction of sp³-hybridized carbons (Fsp3) is 0.158. The predicted molar refractivity (Wildman–Crippen MR) is 101 cm³/mol. The Labute approximate surface area is 166 Å². The maximum absolute atomic E-state index is 14.3. The number of halogens is 2. The Kier molecular flexibility index (Phi) is 5.92. The minimum absolute atomic E-state index is 0.0125. The van der Waals surface area contributed by atoms with Crippen molar-refractivity contribution in [2.75, 3.05) is 18.5 Å². The van der Waals surface area contributed by atoms with E-state index in [4.69, 9.17) is 9.47 Å². The van der Waals surface area contributed by atoms with E-state index in [-0.39, 0.29) is 12.4 Å². The maximum Gasteiger partial charge on any atom is 0.268 e. The monoisotopic (exact) mass is 421 g/mol. The fourth-order valence-electron chi connectivity index (χ4n) is 2.66. The van der Waals surface area contributed by atoms with Crippen LogP contribution in [0.25, 0.3) is 0 Å². The van der Waals surface area contributed by atoms with Crippen molar-refractivity contribution in [3.8, 4) is 11.5 Å². The number of methoxy groups -OCH3 is 2. The molecule has 0 spiro atoms. The highest BCUT2D eigenvalue weighted by atomic mass is 32.2. The average molecular weight is 421 g/mol. The Morgan fingerprint density at radius 2 is 1.86 bits per heavy atom. The Bertz CT molecular complexity index is 1110. The first kappa shape index (κ1) is 20.5. The molecule has 0 fully saturated rings. The topological polar surface area (TPSA) is 81.6 Å². The third-order valence-corrected chi connectivity index (χ3v) is 5.88. The van der Waals surface area contributed by atoms with E-state index in [1.807, 2.05) is 0 Å². The lowest BCUT2D eigenvalue weighted by molar-refractivity contribution is 0.391. The minimum Gasteiger partial charge on any atom is -0.497 e. The van der Waals surface area contributed by atoms with Gasteiger partial charge in [-0.1, -0.05) is 6.07 Å². The van der Waals surface area contributed by atoms with Crippen molar-refractivity contribution in [1.29, 1.82) is 0 Å². The number of nitrogens with zero attached hydrogens (tertiary/aromatic N) is 3. The molecule has 152 valence electrons. The third kappa shape index (κ3) is 4.11. The molecule has 3 rings (SSSR count). The molecular formula is C19H17F2N3O4S. The molecule has 1 heterocycles. The molecule has 0 aliphatic heterocycles. The van der Waals surface area contributed by atoms with Crippen LogP contribution < -0.4 is 13.8 Å². The van der Waals surface area contributed by atoms with Crippen LogP contribution in [0, 0.1) is 11.6 Å². The van der Waals surface area contributed by atoms with E-state index < -0.39 is 26.6 Å². The summed E-state index contributed by atoms with van der Waals surface area (Å²) in [6, 6.07) is 9.14. The van der Waals surface area contributed by atoms with Crippen LogP contribution in [0.1, 0.15) is 5.56 Å². The van der Waals surface area contributed by atoms with Crippen molar-refractivity contribution in [3.05, 3.63) is 72.2 Å². The van der Waals surface area contributed by atoms with E-state index >= 15 is 0 Å². The molecule has 0 atom stereocenters. The van der Waals surface area contributed by atoms with Gasteiger partial charge in [0.1, 0.15) is 28.5 Å². The van der Waals surface area contributed by atoms with Gasteiger partial charge in [-0.3, -0.25) is 0 Å². The number of hydrogen-bond acceptors (Lipinski definition) is 6. The summed E-state index contributed by atoms with van der Waals surface area (Å²) in [5.41, 5.74) is 0.465. The second-order valence-electron chi connectivity index (χ2n) is 5.81. The molecule has 0 amide bonds. The van der Waals surface area contributed by atoms with Gasteiger partial charge < -0.3 is 9.47 Å². The SMILES string of the molecule is COc1ccc(CN(c2ccncn2)S(=O)(=O)c2cccc(F)c2F)c(OC)c1. The molecule has 3 aromatic rings. The van der Waals surface area contributed by atoms with Crippen molar-refractivity contribution in [1.82, 2.24) is 9.97 Å². The van der Waals surface area contributed by atoms with E-state index in [9.17, 15) is 17.2 Å². The first-order valence-corrected chi connectivity index (χ1v) is 9.76. The zero-order chi connectivity index (χ0) is 21.0. The van der Waals surface area contributed by atoms with Crippen LogP contribution in [-0.4, -0.2) is 32.6 Å². The zero-order valence-corrected chi connectivity index (χ0v) is 16.4. The van der Waals surface area contributed by atoms with Crippen LogP contribution in [0.2, 0.25) is 0 Å². The Morgan fingerprint density at radius 1 is 1.07 bits per heavy atom. The molecule has 7 nitrogen and oxygen atoms in total. The van der Waals surface area contributed by atoms with Crippen LogP contribution in [0.5, 0.6) is 11.5 Å². The van der Waals surface area contributed by atoms with Crippen LogP contribution >= 0.6 is 0 Å². The van der Waals surface area contributed by atoms with Crippen LogP contribution in [0.15, 0.2) is 59.9 Å². The summed E-state index contributed by atoms with van der Waals surface area (Å²) in [5, 5.41) is 0. The number of sulfonamides is 1. The first-order chi connectivity index (χ1) is 13.9. The zero-order valence-electron chi connectivity index (χ0n) is 15.5. The summed E-state index contributed by atoms with van der Waals surface area (Å²) in [6.07, 6.45) is 2.50. The normalized spacial score (nSPS) is 11.2. The predicted octanol–water partition coefficient (Wildman–Crippen LogP) is 3.17. The second kappa shape index (κ2) is 8.39. The standard InChI is InChI=1S/C19H17F2N3O4S/c1-27-14-7-6-13(16(10-14)28-2)11-24(18-8-9-22-12-23-18)29(25,26)17-5-3-4-15(20)19(17)21/h3-10,12H,11H2,1-2H3. The number of aromatic nitrogens is 2. The lowest BCUT2D eigenvalue weighted by atomic mass is 10.2. The van der Waals surface area contributed by atoms with Crippen molar-refractivity contribution in [2.45, 2.75) is 11.4 Å². The van der Waals surface area contributed by atoms with Gasteiger partial charge >= 0.3 is 0 Å². The second-order valence-corrected chi connectivity index (χ2v) is 7.64. The maximum atomic E-state index is 14.3. The summed E-state index contributed by atoms with van der Waals surface area (Å²) in [6.45, 7) is -0.248. The Hall–Kier alpha value is -3.27. The molecule has 10 heteroatoms. The van der Waals surface area contributed by atoms with Gasteiger partial charge in [-0.25, -0.2) is 31.5 Å². The van der Waals surface area contributed by atoms with Gasteiger partial charge in [-0.2, -0.15) is 0 Å². The molecular weight excluding hydrogens is 404 g/mol. The molecule has 0 aliphatic rings. The summed E-state index contributed by atoms with van der Waals surface area (Å²) in [4.78, 5) is 6.93. The molecule has 0 N–H and O–H groups in total. The van der Waals surface area contributed by atoms with Crippen molar-refractivity contribution < 1.29 is 26.7 Å². The van der Waals surface area contributed by atoms with Crippen molar-refractivity contribution in [2.24, 2.45) is 0 Å². The molecule has 0 saturated heterocycles. The van der Waals surface area contributed by atoms with Crippen LogP contribution in [0.4, 0.5) is 14.6 Å². The molecule has 0 aliphatic carbocycles. The smallest absolute Gasteiger partial charge is 0.268 e. The van der Waals surface area contributed by atoms with E-state index in [2.05, 4.69) is 9.97 Å². The van der Waals surface area contributed by atoms with E-state index in [1.165, 1.54) is 26.5 Å². The van der Waals surface area contributed by atoms with E-state index in [0.29, 0.717) is 17.1 Å². The largest absolute Gasteiger partial charge is 0.497 e. The fourth-order valence-corrected chi connectivity index (χ4v) is 4.13. The molecule has 29 heavy (non-hydrogen) atoms. The Morgan fingerprint density at radius 3 is 2.52 bits per heavy atom. The summed E-state index contributed by atoms with van der Waals surface area (Å²) in [7, 11) is -1.60. The highest BCUT2D eigenvalue weighted by molar-refractivity contribution is 7.92. The average Bonchev–Trinajstić information content (AvgIpc) is 2.74. The number of hydrogen-bond donors (Lipinski definition) is 0. The number of anilines is 1. The number of ether oxygens (including phenoxy) is 2. The van der Waals surface area contributed by atoms with Crippen LogP contribution in [0.3, 0.4) is 0 Å². The molecule has 0 saturated carbocycles. The van der Waals surface area contributed by atoms with E-state index in [0.717, 1.165) is 28.8 Å². The minimum atomic E-state index is -4.50. The van der Waals surface area contributed by atoms with Gasteiger partial charge in [0.2, 0.25) is 0 Å². The molecule has 0 radical (unpaired) electrons. The van der Waals surface area contributed by atoms with Gasteiger partial charge in [-0.05, 0) is 24.3 Å². The van der Waals surface area contributed by atoms with Crippen molar-refractivity contribution in [3.63, 3.8) is 0 Å². The highest BCUT2D eigenvalue weighted by Gasteiger charge is 2.31. The third-order valence-electron chi connectivity index (χ3n) is 4.11. The molecule has 0 bridgehead atoms. The Balaban J connectivity index is 2.13. The summed E-state index contributed by atoms with van der Waals surface area (Å²) < 4.78 is 65.8. The van der Waals surface area contributed by atoms with E-state index in [1.54, 1.807) is 18.2 Å². The highest BCUT2D eigenvalue weighted by Crippen LogP contribution is 2.31. The quantitative estimate of drug-likeness (QED) is 0.583. The number of benzene rings is 2. The number of rotatable bonds is 7. The molecule has 0 unspecified atom stereocenters. The van der Waals surface area contributed by atoms with Crippen molar-refractivity contribution >= 4 is 15.8 Å². The first-order valence-electron chi connectivity index (χ1n) is 8.32. The van der Waals surface area contributed by atoms with Gasteiger partial charge in [0.05, 0.1) is 20.8 Å². The molecule has 2 aromatic carbocycles. The van der Waals surface area contributed by atoms with Gasteiger partial charge in [0.15, 0.2) is 11.6 Å². The summed E-state index contributed by atoms with van der Waals surface area (Å²) in [5.74, 6) is -1.87. The molecule has 1 aromatic heterocycles. The summed E-state index contributed by atoms with van der Waals surface area (Å²) >= 11 is 0. The lowest BCUT2D eigenvalue weighted by Gasteiger charge is -2.24. The lowest BCUT2D eigenvalue weighted by Crippen LogP contribution is -2.32. The van der Waals surface area contributed by atoms with Gasteiger partial charge in [0, 0.05) is 23.9 Å².